The molecule has 2 heterocycles. The summed E-state index contributed by atoms with van der Waals surface area (Å²) in [5.41, 5.74) is 1.93. The molecule has 3 aliphatic rings. The molecule has 0 unspecified atom stereocenters. The van der Waals surface area contributed by atoms with Gasteiger partial charge in [0.2, 0.25) is 0 Å². The van der Waals surface area contributed by atoms with E-state index in [9.17, 15) is 28.8 Å². The van der Waals surface area contributed by atoms with Crippen molar-refractivity contribution in [3.05, 3.63) is 145 Å². The first-order valence-corrected chi connectivity index (χ1v) is 20.6. The fraction of sp³-hybridized carbons (Fsp3) is 0.178. The van der Waals surface area contributed by atoms with E-state index >= 15 is 0 Å². The number of carbonyl (C=O) groups excluding carboxylic acids is 6. The Morgan fingerprint density at radius 1 is 0.793 bits per heavy atom. The molecule has 288 valence electrons. The maximum absolute atomic E-state index is 14.6. The Balaban J connectivity index is 1.16. The Bertz CT molecular complexity index is 2770. The number of anilines is 1. The zero-order valence-corrected chi connectivity index (χ0v) is 33.8. The number of hydrogen-bond donors (Lipinski definition) is 0. The van der Waals surface area contributed by atoms with Gasteiger partial charge in [0.05, 0.1) is 55.2 Å². The van der Waals surface area contributed by atoms with E-state index in [1.165, 1.54) is 23.7 Å². The van der Waals surface area contributed by atoms with Crippen molar-refractivity contribution >= 4 is 110 Å². The van der Waals surface area contributed by atoms with Gasteiger partial charge in [-0.05, 0) is 65.6 Å². The summed E-state index contributed by atoms with van der Waals surface area (Å²) in [4.78, 5) is 89.8. The minimum Gasteiger partial charge on any atom is -0.309 e. The molecule has 9 nitrogen and oxygen atoms in total. The third-order valence-electron chi connectivity index (χ3n) is 11.3. The number of rotatable bonds is 8. The lowest BCUT2D eigenvalue weighted by Crippen LogP contribution is -2.30. The zero-order chi connectivity index (χ0) is 40.6. The summed E-state index contributed by atoms with van der Waals surface area (Å²) < 4.78 is 0. The van der Waals surface area contributed by atoms with E-state index < -0.39 is 35.2 Å². The first-order chi connectivity index (χ1) is 28.0. The van der Waals surface area contributed by atoms with Crippen LogP contribution >= 0.6 is 46.6 Å². The second-order valence-electron chi connectivity index (χ2n) is 14.6. The smallest absolute Gasteiger partial charge is 0.261 e. The van der Waals surface area contributed by atoms with E-state index in [2.05, 4.69) is 0 Å². The van der Waals surface area contributed by atoms with Gasteiger partial charge in [0.25, 0.3) is 17.7 Å². The number of amides is 3. The summed E-state index contributed by atoms with van der Waals surface area (Å²) in [6.45, 7) is -0.131. The molecule has 0 radical (unpaired) electrons. The second-order valence-corrected chi connectivity index (χ2v) is 17.0. The summed E-state index contributed by atoms with van der Waals surface area (Å²) in [5, 5.41) is 2.29. The molecule has 2 aliphatic carbocycles. The molecule has 0 spiro atoms. The van der Waals surface area contributed by atoms with Crippen LogP contribution in [0.5, 0.6) is 0 Å². The number of hydrogen-bond acceptors (Lipinski definition) is 8. The predicted octanol–water partition coefficient (Wildman–Crippen LogP) is 10.4. The number of nitrogens with zero attached hydrogens (tertiary/aromatic N) is 3. The van der Waals surface area contributed by atoms with Crippen molar-refractivity contribution in [1.82, 2.24) is 9.88 Å². The molecule has 1 aliphatic heterocycles. The first-order valence-electron chi connectivity index (χ1n) is 18.6. The molecule has 1 saturated carbocycles. The third kappa shape index (κ3) is 6.04. The summed E-state index contributed by atoms with van der Waals surface area (Å²) in [7, 11) is 1.47. The van der Waals surface area contributed by atoms with Gasteiger partial charge in [0, 0.05) is 39.3 Å². The highest BCUT2D eigenvalue weighted by Crippen LogP contribution is 2.48. The van der Waals surface area contributed by atoms with Crippen LogP contribution in [0.4, 0.5) is 5.69 Å². The quantitative estimate of drug-likeness (QED) is 0.0642. The minimum absolute atomic E-state index is 0.0325. The van der Waals surface area contributed by atoms with Crippen molar-refractivity contribution in [2.24, 2.45) is 0 Å². The van der Waals surface area contributed by atoms with E-state index in [4.69, 9.17) is 39.8 Å². The van der Waals surface area contributed by atoms with Gasteiger partial charge in [-0.15, -0.1) is 11.8 Å². The van der Waals surface area contributed by atoms with E-state index in [1.807, 2.05) is 24.3 Å². The number of aldehydes is 1. The number of ketones is 2. The Hall–Kier alpha value is -5.39. The van der Waals surface area contributed by atoms with Gasteiger partial charge in [-0.3, -0.25) is 33.7 Å². The second kappa shape index (κ2) is 14.8. The van der Waals surface area contributed by atoms with Crippen LogP contribution in [0, 0.1) is 0 Å². The Morgan fingerprint density at radius 2 is 1.40 bits per heavy atom. The average molecular weight is 847 g/mol. The van der Waals surface area contributed by atoms with Crippen molar-refractivity contribution in [3.63, 3.8) is 0 Å². The number of pyridine rings is 1. The number of benzene rings is 5. The lowest BCUT2D eigenvalue weighted by atomic mass is 9.97. The normalized spacial score (nSPS) is 15.6. The Labute approximate surface area is 351 Å². The molecule has 9 rings (SSSR count). The Kier molecular flexibility index (Phi) is 9.71. The van der Waals surface area contributed by atoms with Crippen LogP contribution in [0.25, 0.3) is 21.7 Å². The number of halogens is 3. The fourth-order valence-corrected chi connectivity index (χ4v) is 10.7. The lowest BCUT2D eigenvalue weighted by molar-refractivity contribution is 0.0641. The highest BCUT2D eigenvalue weighted by molar-refractivity contribution is 8.00. The molecule has 3 amide bonds. The largest absolute Gasteiger partial charge is 0.309 e. The number of Topliss-reactive ketones (excluding diaryl/α,β-unsaturated/α-hetero) is 2. The molecule has 58 heavy (non-hydrogen) atoms. The molecule has 0 saturated heterocycles. The number of thioether (sulfide) groups is 1. The maximum Gasteiger partial charge on any atom is 0.261 e. The standard InChI is InChI=1S/C45H30Cl3N3O6S/c1-50(45(57)34-31(21-52)36(46)42(38(48)37(34)47)58-25-10-4-5-11-25)33-17-14-24(20-51-43(55)27-12-6-7-13-28(27)44(51)56)26-15-16-32(49-39(26)33)35-40(53)29-18-22-8-2-3-9-23(22)19-30(29)41(35)54/h2-3,6-9,12-19,21,25,35H,4-5,10-11,20H2,1H3. The molecule has 0 bridgehead atoms. The number of aromatic nitrogens is 1. The van der Waals surface area contributed by atoms with Crippen LogP contribution in [-0.2, 0) is 6.54 Å². The van der Waals surface area contributed by atoms with E-state index in [1.54, 1.807) is 60.7 Å². The third-order valence-corrected chi connectivity index (χ3v) is 14.2. The van der Waals surface area contributed by atoms with Crippen molar-refractivity contribution in [3.8, 4) is 0 Å². The molecule has 5 aromatic carbocycles. The first kappa shape index (κ1) is 38.1. The summed E-state index contributed by atoms with van der Waals surface area (Å²) in [6, 6.07) is 23.9. The highest BCUT2D eigenvalue weighted by atomic mass is 35.5. The minimum atomic E-state index is -1.26. The van der Waals surface area contributed by atoms with Crippen molar-refractivity contribution < 1.29 is 28.8 Å². The molecular formula is C45H30Cl3N3O6S. The number of imide groups is 1. The molecule has 6 aromatic rings. The molecule has 0 atom stereocenters. The zero-order valence-electron chi connectivity index (χ0n) is 30.7. The molecular weight excluding hydrogens is 817 g/mol. The van der Waals surface area contributed by atoms with E-state index in [-0.39, 0.29) is 66.0 Å². The van der Waals surface area contributed by atoms with Gasteiger partial charge in [0.15, 0.2) is 17.9 Å². The van der Waals surface area contributed by atoms with Gasteiger partial charge in [-0.25, -0.2) is 4.98 Å². The van der Waals surface area contributed by atoms with Gasteiger partial charge < -0.3 is 4.90 Å². The van der Waals surface area contributed by atoms with Crippen LogP contribution in [0.1, 0.15) is 105 Å². The highest BCUT2D eigenvalue weighted by Gasteiger charge is 2.41. The van der Waals surface area contributed by atoms with E-state index in [0.29, 0.717) is 33.3 Å². The van der Waals surface area contributed by atoms with Crippen molar-refractivity contribution in [2.75, 3.05) is 11.9 Å². The van der Waals surface area contributed by atoms with Crippen LogP contribution in [-0.4, -0.2) is 57.8 Å². The summed E-state index contributed by atoms with van der Waals surface area (Å²) in [5.74, 6) is -3.71. The van der Waals surface area contributed by atoms with Crippen molar-refractivity contribution in [1.29, 1.82) is 0 Å². The number of fused-ring (bicyclic) bond motifs is 4. The topological polar surface area (TPSA) is 122 Å². The van der Waals surface area contributed by atoms with Gasteiger partial charge in [0.1, 0.15) is 5.92 Å². The fourth-order valence-electron chi connectivity index (χ4n) is 8.28. The monoisotopic (exact) mass is 845 g/mol. The molecule has 0 N–H and O–H groups in total. The lowest BCUT2D eigenvalue weighted by Gasteiger charge is -2.24. The predicted molar refractivity (Wildman–Crippen MR) is 225 cm³/mol. The van der Waals surface area contributed by atoms with Crippen LogP contribution < -0.4 is 4.90 Å². The van der Waals surface area contributed by atoms with Gasteiger partial charge >= 0.3 is 0 Å². The van der Waals surface area contributed by atoms with Gasteiger partial charge in [-0.2, -0.15) is 0 Å². The maximum atomic E-state index is 14.6. The van der Waals surface area contributed by atoms with Crippen LogP contribution in [0.2, 0.25) is 15.1 Å². The average Bonchev–Trinajstić information content (AvgIpc) is 3.91. The molecule has 1 aromatic heterocycles. The van der Waals surface area contributed by atoms with Gasteiger partial charge in [-0.1, -0.05) is 96.2 Å². The summed E-state index contributed by atoms with van der Waals surface area (Å²) >= 11 is 21.9. The Morgan fingerprint density at radius 3 is 2.00 bits per heavy atom. The van der Waals surface area contributed by atoms with E-state index in [0.717, 1.165) is 41.4 Å². The SMILES string of the molecule is CN(C(=O)c1c(Cl)c(Cl)c(SC2CCCC2)c(Cl)c1C=O)c1ccc(CN2C(=O)c3ccccc3C2=O)c2ccc(C3C(=O)c4cc5ccccc5cc4C3=O)nc12. The number of carbonyl (C=O) groups is 6. The molecule has 13 heteroatoms. The van der Waals surface area contributed by atoms with Crippen LogP contribution in [0.15, 0.2) is 89.8 Å². The van der Waals surface area contributed by atoms with Crippen molar-refractivity contribution in [2.45, 2.75) is 48.3 Å². The molecule has 1 fully saturated rings. The summed E-state index contributed by atoms with van der Waals surface area (Å²) in [6.07, 6.45) is 4.54. The van der Waals surface area contributed by atoms with Crippen LogP contribution in [0.3, 0.4) is 0 Å².